The van der Waals surface area contributed by atoms with Crippen LogP contribution in [-0.4, -0.2) is 49.7 Å². The molecule has 0 unspecified atom stereocenters. The number of fused-ring (bicyclic) bond motifs is 1. The highest BCUT2D eigenvalue weighted by Crippen LogP contribution is 2.34. The van der Waals surface area contributed by atoms with Gasteiger partial charge >= 0.3 is 0 Å². The molecule has 2 saturated carbocycles. The Balaban J connectivity index is 1.18. The molecule has 6 rings (SSSR count). The van der Waals surface area contributed by atoms with Gasteiger partial charge in [-0.15, -0.1) is 0 Å². The lowest BCUT2D eigenvalue weighted by Crippen LogP contribution is -2.39. The molecular weight excluding hydrogens is 519 g/mol. The average Bonchev–Trinajstić information content (AvgIpc) is 3.59. The summed E-state index contributed by atoms with van der Waals surface area (Å²) in [5.41, 5.74) is 12.6. The van der Waals surface area contributed by atoms with Crippen molar-refractivity contribution in [3.05, 3.63) is 40.1 Å². The van der Waals surface area contributed by atoms with Gasteiger partial charge in [0.15, 0.2) is 17.0 Å². The minimum absolute atomic E-state index is 0.314. The van der Waals surface area contributed by atoms with E-state index < -0.39 is 0 Å². The Morgan fingerprint density at radius 3 is 2.34 bits per heavy atom. The van der Waals surface area contributed by atoms with E-state index in [0.29, 0.717) is 30.0 Å². The van der Waals surface area contributed by atoms with Crippen LogP contribution >= 0.6 is 23.2 Å². The second kappa shape index (κ2) is 11.5. The van der Waals surface area contributed by atoms with Crippen molar-refractivity contribution in [2.45, 2.75) is 88.8 Å². The van der Waals surface area contributed by atoms with Gasteiger partial charge in [-0.25, -0.2) is 9.99 Å². The summed E-state index contributed by atoms with van der Waals surface area (Å²) in [7, 11) is 0. The quantitative estimate of drug-likeness (QED) is 0.318. The number of aromatic nitrogens is 4. The van der Waals surface area contributed by atoms with Crippen LogP contribution in [0.3, 0.4) is 0 Å². The summed E-state index contributed by atoms with van der Waals surface area (Å²) in [5.74, 6) is 2.02. The highest BCUT2D eigenvalue weighted by atomic mass is 35.5. The summed E-state index contributed by atoms with van der Waals surface area (Å²) in [4.78, 5) is 14.7. The molecule has 3 fully saturated rings. The Hall–Kier alpha value is -2.13. The van der Waals surface area contributed by atoms with Crippen LogP contribution in [0.15, 0.2) is 24.5 Å². The van der Waals surface area contributed by atoms with Gasteiger partial charge in [0.2, 0.25) is 5.95 Å². The summed E-state index contributed by atoms with van der Waals surface area (Å²) in [6.45, 7) is 1.84. The summed E-state index contributed by atoms with van der Waals surface area (Å²) in [6, 6.07) is 6.90. The number of hydrogen-bond acceptors (Lipinski definition) is 7. The molecule has 204 valence electrons. The maximum absolute atomic E-state index is 6.44. The topological polar surface area (TPSA) is 96.9 Å². The van der Waals surface area contributed by atoms with Crippen LogP contribution in [0.1, 0.15) is 75.8 Å². The number of nitrogens with two attached hydrogens (primary N) is 1. The number of nitrogens with one attached hydrogen (secondary N) is 2. The molecule has 38 heavy (non-hydrogen) atoms. The standard InChI is InChI=1S/C28H38Cl2N8/c29-23-6-3-7-24(30)22(23)16-18-12-14-37(15-13-18)36-26-25-27(38(17-32-25)21-4-1-2-5-21)35-28(34-26)33-20-10-8-19(31)9-11-20/h3,6-7,17-21H,1-2,4-5,8-16,31H2,(H2,33,34,35,36). The van der Waals surface area contributed by atoms with E-state index >= 15 is 0 Å². The molecule has 0 bridgehead atoms. The van der Waals surface area contributed by atoms with Crippen molar-refractivity contribution >= 4 is 46.1 Å². The largest absolute Gasteiger partial charge is 0.351 e. The number of hydrazine groups is 1. The summed E-state index contributed by atoms with van der Waals surface area (Å²) in [5, 5.41) is 7.42. The van der Waals surface area contributed by atoms with Crippen molar-refractivity contribution in [3.8, 4) is 0 Å². The van der Waals surface area contributed by atoms with Crippen LogP contribution in [0, 0.1) is 5.92 Å². The number of hydrogen-bond donors (Lipinski definition) is 3. The fourth-order valence-electron chi connectivity index (χ4n) is 6.37. The van der Waals surface area contributed by atoms with E-state index in [1.807, 2.05) is 24.5 Å². The number of imidazole rings is 1. The minimum atomic E-state index is 0.314. The molecule has 0 spiro atoms. The maximum atomic E-state index is 6.44. The van der Waals surface area contributed by atoms with Gasteiger partial charge in [-0.3, -0.25) is 0 Å². The first-order chi connectivity index (χ1) is 18.5. The lowest BCUT2D eigenvalue weighted by molar-refractivity contribution is 0.216. The van der Waals surface area contributed by atoms with Gasteiger partial charge in [-0.2, -0.15) is 9.97 Å². The molecule has 4 N–H and O–H groups in total. The highest BCUT2D eigenvalue weighted by Gasteiger charge is 2.26. The molecule has 1 aliphatic heterocycles. The first kappa shape index (κ1) is 26.1. The third-order valence-corrected chi connectivity index (χ3v) is 9.39. The molecule has 0 amide bonds. The van der Waals surface area contributed by atoms with Crippen molar-refractivity contribution in [2.75, 3.05) is 23.8 Å². The first-order valence-corrected chi connectivity index (χ1v) is 15.0. The Kier molecular flexibility index (Phi) is 7.93. The van der Waals surface area contributed by atoms with E-state index in [1.54, 1.807) is 0 Å². The van der Waals surface area contributed by atoms with Crippen LogP contribution in [0.4, 0.5) is 11.8 Å². The van der Waals surface area contributed by atoms with Crippen molar-refractivity contribution in [1.29, 1.82) is 0 Å². The predicted octanol–water partition coefficient (Wildman–Crippen LogP) is 6.21. The molecule has 0 atom stereocenters. The van der Waals surface area contributed by atoms with Crippen LogP contribution in [0.2, 0.25) is 10.0 Å². The van der Waals surface area contributed by atoms with E-state index in [2.05, 4.69) is 20.3 Å². The molecule has 1 aromatic carbocycles. The van der Waals surface area contributed by atoms with Gasteiger partial charge in [0.1, 0.15) is 0 Å². The second-order valence-corrected chi connectivity index (χ2v) is 12.2. The summed E-state index contributed by atoms with van der Waals surface area (Å²) >= 11 is 12.9. The normalized spacial score (nSPS) is 23.8. The van der Waals surface area contributed by atoms with Crippen LogP contribution in [0.5, 0.6) is 0 Å². The van der Waals surface area contributed by atoms with Crippen molar-refractivity contribution in [1.82, 2.24) is 24.5 Å². The predicted molar refractivity (Wildman–Crippen MR) is 155 cm³/mol. The summed E-state index contributed by atoms with van der Waals surface area (Å²) < 4.78 is 2.27. The van der Waals surface area contributed by atoms with Crippen LogP contribution in [-0.2, 0) is 6.42 Å². The second-order valence-electron chi connectivity index (χ2n) is 11.4. The Bertz CT molecular complexity index is 1220. The molecule has 2 aromatic heterocycles. The average molecular weight is 558 g/mol. The zero-order chi connectivity index (χ0) is 26.1. The van der Waals surface area contributed by atoms with Gasteiger partial charge in [0, 0.05) is 41.3 Å². The zero-order valence-electron chi connectivity index (χ0n) is 21.9. The van der Waals surface area contributed by atoms with Crippen molar-refractivity contribution in [2.24, 2.45) is 11.7 Å². The van der Waals surface area contributed by atoms with Gasteiger partial charge < -0.3 is 21.0 Å². The smallest absolute Gasteiger partial charge is 0.227 e. The Morgan fingerprint density at radius 2 is 1.63 bits per heavy atom. The number of nitrogens with zero attached hydrogens (tertiary/aromatic N) is 5. The van der Waals surface area contributed by atoms with Crippen LogP contribution < -0.4 is 16.5 Å². The first-order valence-electron chi connectivity index (χ1n) is 14.2. The molecule has 3 heterocycles. The van der Waals surface area contributed by atoms with E-state index in [1.165, 1.54) is 25.7 Å². The van der Waals surface area contributed by atoms with Gasteiger partial charge in [-0.1, -0.05) is 42.1 Å². The number of halogens is 2. The fourth-order valence-corrected chi connectivity index (χ4v) is 6.92. The SMILES string of the molecule is NC1CCC(Nc2nc(NN3CCC(Cc4c(Cl)cccc4Cl)CC3)c3ncn(C4CCCC4)c3n2)CC1. The zero-order valence-corrected chi connectivity index (χ0v) is 23.4. The number of anilines is 2. The Labute approximate surface area is 234 Å². The molecule has 3 aliphatic rings. The molecule has 10 heteroatoms. The van der Waals surface area contributed by atoms with Gasteiger partial charge in [0.25, 0.3) is 0 Å². The van der Waals surface area contributed by atoms with E-state index in [-0.39, 0.29) is 0 Å². The lowest BCUT2D eigenvalue weighted by atomic mass is 9.90. The molecule has 0 radical (unpaired) electrons. The highest BCUT2D eigenvalue weighted by molar-refractivity contribution is 6.36. The van der Waals surface area contributed by atoms with Crippen molar-refractivity contribution in [3.63, 3.8) is 0 Å². The summed E-state index contributed by atoms with van der Waals surface area (Å²) in [6.07, 6.45) is 14.1. The molecule has 1 saturated heterocycles. The third kappa shape index (κ3) is 5.74. The maximum Gasteiger partial charge on any atom is 0.227 e. The van der Waals surface area contributed by atoms with Crippen LogP contribution in [0.25, 0.3) is 11.2 Å². The lowest BCUT2D eigenvalue weighted by Gasteiger charge is -2.33. The van der Waals surface area contributed by atoms with Gasteiger partial charge in [-0.05, 0) is 81.4 Å². The number of rotatable bonds is 7. The monoisotopic (exact) mass is 556 g/mol. The molecular formula is C28H38Cl2N8. The number of piperidine rings is 1. The Morgan fingerprint density at radius 1 is 0.921 bits per heavy atom. The molecule has 3 aromatic rings. The van der Waals surface area contributed by atoms with E-state index in [0.717, 1.165) is 90.6 Å². The van der Waals surface area contributed by atoms with E-state index in [4.69, 9.17) is 43.9 Å². The fraction of sp³-hybridized carbons (Fsp3) is 0.607. The molecule has 2 aliphatic carbocycles. The van der Waals surface area contributed by atoms with Gasteiger partial charge in [0.05, 0.1) is 6.33 Å². The minimum Gasteiger partial charge on any atom is -0.351 e. The van der Waals surface area contributed by atoms with Crippen molar-refractivity contribution < 1.29 is 0 Å². The third-order valence-electron chi connectivity index (χ3n) is 8.68. The number of benzene rings is 1. The van der Waals surface area contributed by atoms with E-state index in [9.17, 15) is 0 Å². The molecule has 8 nitrogen and oxygen atoms in total.